The van der Waals surface area contributed by atoms with E-state index in [2.05, 4.69) is 15.1 Å². The van der Waals surface area contributed by atoms with Gasteiger partial charge in [0.05, 0.1) is 5.69 Å². The van der Waals surface area contributed by atoms with Crippen LogP contribution in [0.3, 0.4) is 0 Å². The molecule has 4 rings (SSSR count). The van der Waals surface area contributed by atoms with E-state index in [4.69, 9.17) is 16.0 Å². The van der Waals surface area contributed by atoms with Crippen molar-refractivity contribution in [3.8, 4) is 5.69 Å². The first-order valence-corrected chi connectivity index (χ1v) is 8.00. The van der Waals surface area contributed by atoms with Gasteiger partial charge in [-0.2, -0.15) is 5.10 Å². The number of hydrogen-bond acceptors (Lipinski definition) is 6. The summed E-state index contributed by atoms with van der Waals surface area (Å²) in [5.41, 5.74) is 2.55. The van der Waals surface area contributed by atoms with Crippen LogP contribution in [0.5, 0.6) is 0 Å². The summed E-state index contributed by atoms with van der Waals surface area (Å²) in [7, 11) is 1.60. The highest BCUT2D eigenvalue weighted by Crippen LogP contribution is 2.29. The summed E-state index contributed by atoms with van der Waals surface area (Å²) in [6.07, 6.45) is 4.57. The van der Waals surface area contributed by atoms with Crippen molar-refractivity contribution < 1.29 is 9.21 Å². The van der Waals surface area contributed by atoms with E-state index in [1.54, 1.807) is 37.1 Å². The molecule has 9 heteroatoms. The van der Waals surface area contributed by atoms with Crippen molar-refractivity contribution in [1.82, 2.24) is 24.3 Å². The van der Waals surface area contributed by atoms with Crippen LogP contribution in [0.1, 0.15) is 21.6 Å². The van der Waals surface area contributed by atoms with E-state index in [1.165, 1.54) is 23.0 Å². The highest BCUT2D eigenvalue weighted by Gasteiger charge is 2.23. The number of fused-ring (bicyclic) bond motifs is 1. The monoisotopic (exact) mass is 369 g/mol. The van der Waals surface area contributed by atoms with Crippen molar-refractivity contribution in [2.45, 2.75) is 6.92 Å². The molecular weight excluding hydrogens is 358 g/mol. The molecule has 1 aromatic carbocycles. The summed E-state index contributed by atoms with van der Waals surface area (Å²) in [5.74, 6) is -0.879. The first kappa shape index (κ1) is 16.2. The summed E-state index contributed by atoms with van der Waals surface area (Å²) in [4.78, 5) is 32.8. The molecule has 0 unspecified atom stereocenters. The third-order valence-corrected chi connectivity index (χ3v) is 4.35. The van der Waals surface area contributed by atoms with Crippen molar-refractivity contribution in [3.05, 3.63) is 69.4 Å². The molecule has 0 amide bonds. The fourth-order valence-electron chi connectivity index (χ4n) is 2.90. The molecular formula is C17H12ClN5O3. The normalized spacial score (nSPS) is 11.2. The number of benzene rings is 1. The smallest absolute Gasteiger partial charge is 0.408 e. The van der Waals surface area contributed by atoms with Gasteiger partial charge in [0.15, 0.2) is 5.58 Å². The molecule has 0 N–H and O–H groups in total. The number of nitrogens with zero attached hydrogens (tertiary/aromatic N) is 5. The van der Waals surface area contributed by atoms with Crippen molar-refractivity contribution in [2.75, 3.05) is 0 Å². The van der Waals surface area contributed by atoms with Crippen molar-refractivity contribution in [1.29, 1.82) is 0 Å². The number of aryl methyl sites for hydroxylation is 1. The molecule has 0 spiro atoms. The Kier molecular flexibility index (Phi) is 3.69. The minimum absolute atomic E-state index is 0.150. The molecule has 0 bridgehead atoms. The third-order valence-electron chi connectivity index (χ3n) is 4.14. The summed E-state index contributed by atoms with van der Waals surface area (Å²) < 4.78 is 8.28. The molecule has 0 atom stereocenters. The second-order valence-electron chi connectivity index (χ2n) is 5.68. The molecule has 0 fully saturated rings. The Labute approximate surface area is 151 Å². The zero-order valence-electron chi connectivity index (χ0n) is 13.8. The predicted molar refractivity (Wildman–Crippen MR) is 93.8 cm³/mol. The minimum atomic E-state index is -0.525. The Hall–Kier alpha value is -3.26. The molecule has 0 aliphatic rings. The standard InChI is InChI=1S/C17H12ClN5O3/c1-9-10(16(24)11-7-13(18)20-8-19-11)6-12-15(22(2)17(25)26-12)14(9)23-5-3-4-21-23/h3-8H,1-2H3. The molecule has 0 radical (unpaired) electrons. The largest absolute Gasteiger partial charge is 0.419 e. The summed E-state index contributed by atoms with van der Waals surface area (Å²) in [5, 5.41) is 4.40. The van der Waals surface area contributed by atoms with E-state index in [9.17, 15) is 9.59 Å². The van der Waals surface area contributed by atoms with Gasteiger partial charge in [-0.25, -0.2) is 19.4 Å². The van der Waals surface area contributed by atoms with Crippen LogP contribution in [0.2, 0.25) is 5.15 Å². The number of hydrogen-bond donors (Lipinski definition) is 0. The number of carbonyl (C=O) groups excluding carboxylic acids is 1. The van der Waals surface area contributed by atoms with Gasteiger partial charge >= 0.3 is 5.76 Å². The fraction of sp³-hybridized carbons (Fsp3) is 0.118. The maximum Gasteiger partial charge on any atom is 0.419 e. The summed E-state index contributed by atoms with van der Waals surface area (Å²) in [6.45, 7) is 1.78. The molecule has 8 nitrogen and oxygen atoms in total. The highest BCUT2D eigenvalue weighted by atomic mass is 35.5. The van der Waals surface area contributed by atoms with Crippen LogP contribution in [0.25, 0.3) is 16.8 Å². The second-order valence-corrected chi connectivity index (χ2v) is 6.06. The van der Waals surface area contributed by atoms with Gasteiger partial charge in [-0.3, -0.25) is 9.36 Å². The zero-order valence-corrected chi connectivity index (χ0v) is 14.6. The van der Waals surface area contributed by atoms with Gasteiger partial charge in [0.25, 0.3) is 0 Å². The van der Waals surface area contributed by atoms with Gasteiger partial charge in [0.2, 0.25) is 5.78 Å². The van der Waals surface area contributed by atoms with Gasteiger partial charge in [0.1, 0.15) is 22.7 Å². The van der Waals surface area contributed by atoms with E-state index < -0.39 is 5.76 Å². The van der Waals surface area contributed by atoms with Crippen LogP contribution < -0.4 is 5.76 Å². The van der Waals surface area contributed by atoms with E-state index in [0.717, 1.165) is 0 Å². The lowest BCUT2D eigenvalue weighted by molar-refractivity contribution is 0.103. The van der Waals surface area contributed by atoms with Gasteiger partial charge < -0.3 is 4.42 Å². The molecule has 0 saturated heterocycles. The average molecular weight is 370 g/mol. The molecule has 0 aliphatic heterocycles. The Morgan fingerprint density at radius 3 is 2.77 bits per heavy atom. The van der Waals surface area contributed by atoms with E-state index >= 15 is 0 Å². The topological polar surface area (TPSA) is 95.8 Å². The quantitative estimate of drug-likeness (QED) is 0.406. The third kappa shape index (κ3) is 2.42. The van der Waals surface area contributed by atoms with E-state index in [-0.39, 0.29) is 22.2 Å². The Bertz CT molecular complexity index is 1210. The van der Waals surface area contributed by atoms with Crippen LogP contribution in [0.4, 0.5) is 0 Å². The molecule has 130 valence electrons. The summed E-state index contributed by atoms with van der Waals surface area (Å²) >= 11 is 5.87. The SMILES string of the molecule is Cc1c(C(=O)c2cc(Cl)ncn2)cc2oc(=O)n(C)c2c1-n1cccn1. The first-order chi connectivity index (χ1) is 12.5. The maximum absolute atomic E-state index is 13.0. The Morgan fingerprint density at radius 2 is 2.08 bits per heavy atom. The number of rotatable bonds is 3. The van der Waals surface area contributed by atoms with Crippen molar-refractivity contribution >= 4 is 28.5 Å². The molecule has 26 heavy (non-hydrogen) atoms. The molecule has 0 aliphatic carbocycles. The number of carbonyl (C=O) groups is 1. The van der Waals surface area contributed by atoms with E-state index in [0.29, 0.717) is 22.3 Å². The lowest BCUT2D eigenvalue weighted by Gasteiger charge is -2.12. The van der Waals surface area contributed by atoms with Crippen LogP contribution >= 0.6 is 11.6 Å². The maximum atomic E-state index is 13.0. The van der Waals surface area contributed by atoms with Crippen molar-refractivity contribution in [3.63, 3.8) is 0 Å². The van der Waals surface area contributed by atoms with Gasteiger partial charge in [-0.15, -0.1) is 0 Å². The lowest BCUT2D eigenvalue weighted by Crippen LogP contribution is -2.13. The highest BCUT2D eigenvalue weighted by molar-refractivity contribution is 6.29. The van der Waals surface area contributed by atoms with Gasteiger partial charge in [-0.05, 0) is 24.6 Å². The predicted octanol–water partition coefficient (Wildman–Crippen LogP) is 2.30. The Balaban J connectivity index is 2.04. The molecule has 3 heterocycles. The van der Waals surface area contributed by atoms with Gasteiger partial charge in [-0.1, -0.05) is 11.6 Å². The second kappa shape index (κ2) is 5.92. The molecule has 3 aromatic heterocycles. The van der Waals surface area contributed by atoms with E-state index in [1.807, 2.05) is 0 Å². The van der Waals surface area contributed by atoms with Crippen LogP contribution in [0.15, 0.2) is 46.1 Å². The Morgan fingerprint density at radius 1 is 1.27 bits per heavy atom. The fourth-order valence-corrected chi connectivity index (χ4v) is 3.05. The van der Waals surface area contributed by atoms with Crippen LogP contribution in [-0.4, -0.2) is 30.1 Å². The zero-order chi connectivity index (χ0) is 18.4. The van der Waals surface area contributed by atoms with Crippen LogP contribution in [0, 0.1) is 6.92 Å². The average Bonchev–Trinajstić information content (AvgIpc) is 3.24. The first-order valence-electron chi connectivity index (χ1n) is 7.62. The number of ketones is 1. The summed E-state index contributed by atoms with van der Waals surface area (Å²) in [6, 6.07) is 4.68. The molecule has 0 saturated carbocycles. The van der Waals surface area contributed by atoms with Gasteiger partial charge in [0, 0.05) is 31.1 Å². The number of oxazole rings is 1. The lowest BCUT2D eigenvalue weighted by atomic mass is 9.99. The van der Waals surface area contributed by atoms with Crippen molar-refractivity contribution in [2.24, 2.45) is 7.05 Å². The minimum Gasteiger partial charge on any atom is -0.408 e. The number of halogens is 1. The number of aromatic nitrogens is 5. The van der Waals surface area contributed by atoms with Crippen LogP contribution in [-0.2, 0) is 7.05 Å². The molecule has 4 aromatic rings.